The van der Waals surface area contributed by atoms with E-state index in [1.54, 1.807) is 11.8 Å². The molecule has 2 unspecified atom stereocenters. The number of amides is 1. The van der Waals surface area contributed by atoms with Gasteiger partial charge in [-0.25, -0.2) is 13.8 Å². The molecule has 11 heteroatoms. The van der Waals surface area contributed by atoms with Gasteiger partial charge in [0.15, 0.2) is 11.6 Å². The van der Waals surface area contributed by atoms with Crippen molar-refractivity contribution in [2.75, 3.05) is 29.9 Å². The van der Waals surface area contributed by atoms with Gasteiger partial charge in [-0.05, 0) is 70.8 Å². The highest BCUT2D eigenvalue weighted by atomic mass is 19.4. The molecule has 1 aliphatic heterocycles. The van der Waals surface area contributed by atoms with Gasteiger partial charge in [-0.1, -0.05) is 0 Å². The molecule has 0 radical (unpaired) electrons. The molecule has 37 heavy (non-hydrogen) atoms. The number of likely N-dealkylation sites (N-methyl/N-ethyl adjacent to an activating group) is 2. The minimum absolute atomic E-state index is 0.0230. The Hall–Kier alpha value is -2.79. The quantitative estimate of drug-likeness (QED) is 0.561. The molecule has 4 atom stereocenters. The number of aromatic nitrogens is 1. The summed E-state index contributed by atoms with van der Waals surface area (Å²) in [6, 6.07) is 3.79. The zero-order chi connectivity index (χ0) is 27.1. The molecule has 2 fully saturated rings. The Kier molecular flexibility index (Phi) is 7.75. The van der Waals surface area contributed by atoms with Gasteiger partial charge in [0.1, 0.15) is 11.9 Å². The summed E-state index contributed by atoms with van der Waals surface area (Å²) in [6.07, 6.45) is -2.52. The number of pyridine rings is 1. The van der Waals surface area contributed by atoms with Crippen LogP contribution in [0.5, 0.6) is 0 Å². The molecule has 0 spiro atoms. The second-order valence-electron chi connectivity index (χ2n) is 9.82. The van der Waals surface area contributed by atoms with Gasteiger partial charge in [-0.3, -0.25) is 9.69 Å². The largest absolute Gasteiger partial charge is 0.416 e. The van der Waals surface area contributed by atoms with Crippen LogP contribution in [-0.2, 0) is 11.0 Å². The highest BCUT2D eigenvalue weighted by molar-refractivity contribution is 5.99. The SMILES string of the molecule is CCN(C(=O)C1CC(N(C)[C@@H]2CCC[C@H]2O)CN1c1cc(C(F)(F)F)cc(C)n1)c1ccc(F)c(F)c1. The third-order valence-electron chi connectivity index (χ3n) is 7.47. The molecule has 1 amide bonds. The van der Waals surface area contributed by atoms with Crippen molar-refractivity contribution in [2.24, 2.45) is 0 Å². The van der Waals surface area contributed by atoms with E-state index in [0.29, 0.717) is 6.42 Å². The highest BCUT2D eigenvalue weighted by Crippen LogP contribution is 2.36. The molecule has 1 aliphatic carbocycles. The Bertz CT molecular complexity index is 1140. The fraction of sp³-hybridized carbons (Fsp3) is 0.538. The minimum atomic E-state index is -4.59. The number of carbonyl (C=O) groups is 1. The second kappa shape index (κ2) is 10.5. The number of aliphatic hydroxyl groups excluding tert-OH is 1. The van der Waals surface area contributed by atoms with Crippen molar-refractivity contribution in [2.45, 2.75) is 69.9 Å². The summed E-state index contributed by atoms with van der Waals surface area (Å²) in [5.74, 6) is -2.58. The third kappa shape index (κ3) is 5.57. The lowest BCUT2D eigenvalue weighted by molar-refractivity contribution is -0.137. The van der Waals surface area contributed by atoms with Gasteiger partial charge >= 0.3 is 6.18 Å². The summed E-state index contributed by atoms with van der Waals surface area (Å²) >= 11 is 0. The molecule has 2 aromatic rings. The summed E-state index contributed by atoms with van der Waals surface area (Å²) in [7, 11) is 1.85. The first-order valence-corrected chi connectivity index (χ1v) is 12.4. The van der Waals surface area contributed by atoms with E-state index in [2.05, 4.69) is 4.98 Å². The summed E-state index contributed by atoms with van der Waals surface area (Å²) < 4.78 is 68.3. The van der Waals surface area contributed by atoms with Crippen molar-refractivity contribution in [3.05, 3.63) is 53.2 Å². The van der Waals surface area contributed by atoms with Gasteiger partial charge in [0.2, 0.25) is 5.91 Å². The average molecular weight is 527 g/mol. The van der Waals surface area contributed by atoms with Gasteiger partial charge in [-0.15, -0.1) is 0 Å². The second-order valence-corrected chi connectivity index (χ2v) is 9.82. The number of alkyl halides is 3. The molecule has 1 aromatic carbocycles. The van der Waals surface area contributed by atoms with Crippen molar-refractivity contribution in [3.8, 4) is 0 Å². The van der Waals surface area contributed by atoms with Crippen molar-refractivity contribution >= 4 is 17.4 Å². The number of nitrogens with zero attached hydrogens (tertiary/aromatic N) is 4. The number of halogens is 5. The number of hydrogen-bond acceptors (Lipinski definition) is 5. The molecule has 2 aliphatic rings. The van der Waals surface area contributed by atoms with Crippen molar-refractivity contribution in [3.63, 3.8) is 0 Å². The fourth-order valence-electron chi connectivity index (χ4n) is 5.52. The van der Waals surface area contributed by atoms with Gasteiger partial charge in [0, 0.05) is 42.6 Å². The Morgan fingerprint density at radius 1 is 1.16 bits per heavy atom. The van der Waals surface area contributed by atoms with Crippen LogP contribution in [0.1, 0.15) is 43.9 Å². The van der Waals surface area contributed by atoms with E-state index < -0.39 is 41.4 Å². The normalized spacial score (nSPS) is 24.2. The molecular formula is C26H31F5N4O2. The van der Waals surface area contributed by atoms with E-state index >= 15 is 0 Å². The van der Waals surface area contributed by atoms with Gasteiger partial charge < -0.3 is 14.9 Å². The average Bonchev–Trinajstić information content (AvgIpc) is 3.47. The van der Waals surface area contributed by atoms with E-state index in [1.165, 1.54) is 17.9 Å². The molecular weight excluding hydrogens is 495 g/mol. The zero-order valence-corrected chi connectivity index (χ0v) is 21.0. The first-order chi connectivity index (χ1) is 17.4. The van der Waals surface area contributed by atoms with Crippen molar-refractivity contribution in [1.29, 1.82) is 0 Å². The Balaban J connectivity index is 1.71. The fourth-order valence-corrected chi connectivity index (χ4v) is 5.52. The summed E-state index contributed by atoms with van der Waals surface area (Å²) in [5.41, 5.74) is -0.549. The van der Waals surface area contributed by atoms with Gasteiger partial charge in [-0.2, -0.15) is 13.2 Å². The number of anilines is 2. The maximum Gasteiger partial charge on any atom is 0.416 e. The minimum Gasteiger partial charge on any atom is -0.391 e. The Morgan fingerprint density at radius 3 is 2.49 bits per heavy atom. The number of benzene rings is 1. The smallest absolute Gasteiger partial charge is 0.391 e. The predicted molar refractivity (Wildman–Crippen MR) is 129 cm³/mol. The van der Waals surface area contributed by atoms with Crippen LogP contribution in [-0.4, -0.2) is 65.3 Å². The van der Waals surface area contributed by atoms with E-state index in [4.69, 9.17) is 0 Å². The summed E-state index contributed by atoms with van der Waals surface area (Å²) in [5, 5.41) is 10.4. The van der Waals surface area contributed by atoms with Crippen LogP contribution in [0.25, 0.3) is 0 Å². The van der Waals surface area contributed by atoms with Crippen LogP contribution >= 0.6 is 0 Å². The van der Waals surface area contributed by atoms with Crippen LogP contribution in [0.4, 0.5) is 33.5 Å². The number of carbonyl (C=O) groups excluding carboxylic acids is 1. The molecule has 1 N–H and O–H groups in total. The topological polar surface area (TPSA) is 59.9 Å². The van der Waals surface area contributed by atoms with Crippen molar-refractivity contribution in [1.82, 2.24) is 9.88 Å². The molecule has 202 valence electrons. The maximum atomic E-state index is 14.0. The van der Waals surface area contributed by atoms with Crippen molar-refractivity contribution < 1.29 is 31.9 Å². The first kappa shape index (κ1) is 27.3. The number of rotatable bonds is 6. The molecule has 1 saturated carbocycles. The molecule has 1 saturated heterocycles. The van der Waals surface area contributed by atoms with Crippen LogP contribution < -0.4 is 9.80 Å². The van der Waals surface area contributed by atoms with Gasteiger partial charge in [0.25, 0.3) is 0 Å². The molecule has 4 rings (SSSR count). The zero-order valence-electron chi connectivity index (χ0n) is 21.0. The molecule has 0 bridgehead atoms. The number of aryl methyl sites for hydroxylation is 1. The monoisotopic (exact) mass is 526 g/mol. The van der Waals surface area contributed by atoms with E-state index in [0.717, 1.165) is 37.1 Å². The van der Waals surface area contributed by atoms with Gasteiger partial charge in [0.05, 0.1) is 11.7 Å². The van der Waals surface area contributed by atoms with E-state index in [-0.39, 0.29) is 48.8 Å². The number of aliphatic hydroxyl groups is 1. The summed E-state index contributed by atoms with van der Waals surface area (Å²) in [4.78, 5) is 23.0. The summed E-state index contributed by atoms with van der Waals surface area (Å²) in [6.45, 7) is 3.51. The number of hydrogen-bond donors (Lipinski definition) is 1. The lowest BCUT2D eigenvalue weighted by Crippen LogP contribution is -2.46. The lowest BCUT2D eigenvalue weighted by atomic mass is 10.1. The first-order valence-electron chi connectivity index (χ1n) is 12.4. The van der Waals surface area contributed by atoms with Crippen LogP contribution in [0, 0.1) is 18.6 Å². The van der Waals surface area contributed by atoms with Crippen LogP contribution in [0.2, 0.25) is 0 Å². The molecule has 6 nitrogen and oxygen atoms in total. The third-order valence-corrected chi connectivity index (χ3v) is 7.47. The highest BCUT2D eigenvalue weighted by Gasteiger charge is 2.44. The maximum absolute atomic E-state index is 14.0. The molecule has 2 heterocycles. The van der Waals surface area contributed by atoms with E-state index in [1.807, 2.05) is 11.9 Å². The predicted octanol–water partition coefficient (Wildman–Crippen LogP) is 4.53. The van der Waals surface area contributed by atoms with Crippen LogP contribution in [0.15, 0.2) is 30.3 Å². The Morgan fingerprint density at radius 2 is 1.89 bits per heavy atom. The Labute approximate surface area is 212 Å². The van der Waals surface area contributed by atoms with Crippen LogP contribution in [0.3, 0.4) is 0 Å². The standard InChI is InChI=1S/C26H31F5N4O2/c1-4-34(17-8-9-19(27)20(28)12-17)25(37)22-13-18(33(3)21-6-5-7-23(21)36)14-35(22)24-11-16(26(29,30)31)10-15(2)32-24/h8-12,18,21-23,36H,4-7,13-14H2,1-3H3/t18?,21-,22?,23-/m1/s1. The molecule has 1 aromatic heterocycles. The lowest BCUT2D eigenvalue weighted by Gasteiger charge is -2.32. The van der Waals surface area contributed by atoms with E-state index in [9.17, 15) is 31.9 Å².